The number of hydrogen-bond donors (Lipinski definition) is 1. The van der Waals surface area contributed by atoms with E-state index in [1.807, 2.05) is 39.8 Å². The summed E-state index contributed by atoms with van der Waals surface area (Å²) in [4.78, 5) is 13.8. The van der Waals surface area contributed by atoms with Gasteiger partial charge in [-0.05, 0) is 69.2 Å². The van der Waals surface area contributed by atoms with Crippen molar-refractivity contribution >= 4 is 33.4 Å². The van der Waals surface area contributed by atoms with E-state index in [2.05, 4.69) is 11.4 Å². The molecular formula is C23H30N2O5S2. The molecule has 1 fully saturated rings. The molecule has 1 aliphatic heterocycles. The van der Waals surface area contributed by atoms with Gasteiger partial charge in [0.15, 0.2) is 0 Å². The van der Waals surface area contributed by atoms with E-state index in [0.717, 1.165) is 4.90 Å². The number of nitrogens with zero attached hydrogens (tertiary/aromatic N) is 1. The molecule has 9 heteroatoms. The minimum atomic E-state index is -3.69. The van der Waals surface area contributed by atoms with Crippen LogP contribution in [0, 0.1) is 13.8 Å². The van der Waals surface area contributed by atoms with Gasteiger partial charge in [0.05, 0.1) is 35.7 Å². The summed E-state index contributed by atoms with van der Waals surface area (Å²) >= 11 is 1.43. The molecule has 3 rings (SSSR count). The van der Waals surface area contributed by atoms with E-state index in [0.29, 0.717) is 37.7 Å². The molecule has 0 radical (unpaired) electrons. The first-order chi connectivity index (χ1) is 15.2. The SMILES string of the molecule is Cc1ccc(SCC(=O)Nc2cc(S(=O)(=O)N3CCOCC3)ccc2OC(C)C)cc1C. The van der Waals surface area contributed by atoms with Gasteiger partial charge in [-0.1, -0.05) is 6.07 Å². The van der Waals surface area contributed by atoms with Gasteiger partial charge in [-0.25, -0.2) is 8.42 Å². The van der Waals surface area contributed by atoms with Gasteiger partial charge in [0.25, 0.3) is 0 Å². The number of carbonyl (C=O) groups excluding carboxylic acids is 1. The van der Waals surface area contributed by atoms with Crippen molar-refractivity contribution in [2.75, 3.05) is 37.4 Å². The van der Waals surface area contributed by atoms with Crippen LogP contribution in [0.2, 0.25) is 0 Å². The van der Waals surface area contributed by atoms with E-state index in [-0.39, 0.29) is 22.7 Å². The van der Waals surface area contributed by atoms with Crippen LogP contribution in [0.5, 0.6) is 5.75 Å². The van der Waals surface area contributed by atoms with Gasteiger partial charge in [-0.15, -0.1) is 11.8 Å². The van der Waals surface area contributed by atoms with Crippen molar-refractivity contribution in [3.05, 3.63) is 47.5 Å². The molecule has 0 saturated carbocycles. The molecule has 1 aliphatic rings. The van der Waals surface area contributed by atoms with Gasteiger partial charge in [-0.3, -0.25) is 4.79 Å². The quantitative estimate of drug-likeness (QED) is 0.581. The molecule has 0 aliphatic carbocycles. The maximum Gasteiger partial charge on any atom is 0.243 e. The highest BCUT2D eigenvalue weighted by atomic mass is 32.2. The first-order valence-electron chi connectivity index (χ1n) is 10.6. The minimum absolute atomic E-state index is 0.118. The van der Waals surface area contributed by atoms with E-state index < -0.39 is 10.0 Å². The molecule has 7 nitrogen and oxygen atoms in total. The fourth-order valence-electron chi connectivity index (χ4n) is 3.20. The summed E-state index contributed by atoms with van der Waals surface area (Å²) in [7, 11) is -3.69. The van der Waals surface area contributed by atoms with Crippen LogP contribution in [0.3, 0.4) is 0 Å². The number of hydrogen-bond acceptors (Lipinski definition) is 6. The number of sulfonamides is 1. The monoisotopic (exact) mass is 478 g/mol. The van der Waals surface area contributed by atoms with Crippen molar-refractivity contribution in [2.24, 2.45) is 0 Å². The number of aryl methyl sites for hydroxylation is 2. The average molecular weight is 479 g/mol. The van der Waals surface area contributed by atoms with Gasteiger partial charge in [0, 0.05) is 18.0 Å². The van der Waals surface area contributed by atoms with Gasteiger partial charge < -0.3 is 14.8 Å². The summed E-state index contributed by atoms with van der Waals surface area (Å²) < 4.78 is 38.5. The second-order valence-corrected chi connectivity index (χ2v) is 10.9. The normalized spacial score (nSPS) is 15.0. The molecule has 32 heavy (non-hydrogen) atoms. The standard InChI is InChI=1S/C23H30N2O5S2/c1-16(2)30-22-8-7-20(32(27,28)25-9-11-29-12-10-25)14-21(22)24-23(26)15-31-19-6-5-17(3)18(4)13-19/h5-8,13-14,16H,9-12,15H2,1-4H3,(H,24,26). The zero-order chi connectivity index (χ0) is 23.3. The lowest BCUT2D eigenvalue weighted by molar-refractivity contribution is -0.113. The van der Waals surface area contributed by atoms with Crippen LogP contribution < -0.4 is 10.1 Å². The second-order valence-electron chi connectivity index (χ2n) is 7.92. The molecule has 1 heterocycles. The first kappa shape index (κ1) is 24.6. The molecule has 0 aromatic heterocycles. The summed E-state index contributed by atoms with van der Waals surface area (Å²) in [6, 6.07) is 10.7. The lowest BCUT2D eigenvalue weighted by Gasteiger charge is -2.26. The van der Waals surface area contributed by atoms with Gasteiger partial charge >= 0.3 is 0 Å². The molecule has 0 atom stereocenters. The molecule has 0 unspecified atom stereocenters. The summed E-state index contributed by atoms with van der Waals surface area (Å²) in [6.45, 7) is 9.18. The van der Waals surface area contributed by atoms with Crippen molar-refractivity contribution in [3.8, 4) is 5.75 Å². The maximum atomic E-state index is 13.0. The van der Waals surface area contributed by atoms with Crippen LogP contribution in [0.25, 0.3) is 0 Å². The molecule has 1 N–H and O–H groups in total. The summed E-state index contributed by atoms with van der Waals surface area (Å²) in [5, 5.41) is 2.84. The van der Waals surface area contributed by atoms with Crippen LogP contribution in [-0.4, -0.2) is 56.8 Å². The predicted molar refractivity (Wildman–Crippen MR) is 127 cm³/mol. The zero-order valence-corrected chi connectivity index (χ0v) is 20.5. The van der Waals surface area contributed by atoms with E-state index in [1.54, 1.807) is 6.07 Å². The molecule has 0 bridgehead atoms. The summed E-state index contributed by atoms with van der Waals surface area (Å²) in [5.41, 5.74) is 2.72. The zero-order valence-electron chi connectivity index (χ0n) is 18.9. The van der Waals surface area contributed by atoms with E-state index >= 15 is 0 Å². The van der Waals surface area contributed by atoms with Crippen molar-refractivity contribution in [3.63, 3.8) is 0 Å². The number of amides is 1. The number of nitrogens with one attached hydrogen (secondary N) is 1. The van der Waals surface area contributed by atoms with Crippen LogP contribution >= 0.6 is 11.8 Å². The Morgan fingerprint density at radius 2 is 1.84 bits per heavy atom. The number of thioether (sulfide) groups is 1. The maximum absolute atomic E-state index is 13.0. The Labute approximate surface area is 194 Å². The molecule has 174 valence electrons. The highest BCUT2D eigenvalue weighted by molar-refractivity contribution is 8.00. The van der Waals surface area contributed by atoms with E-state index in [4.69, 9.17) is 9.47 Å². The molecule has 2 aromatic carbocycles. The second kappa shape index (κ2) is 10.7. The highest BCUT2D eigenvalue weighted by Gasteiger charge is 2.27. The molecule has 0 spiro atoms. The van der Waals surface area contributed by atoms with Crippen LogP contribution in [-0.2, 0) is 19.6 Å². The Hall–Kier alpha value is -2.07. The number of carbonyl (C=O) groups is 1. The lowest BCUT2D eigenvalue weighted by Crippen LogP contribution is -2.40. The summed E-state index contributed by atoms with van der Waals surface area (Å²) in [5.74, 6) is 0.401. The van der Waals surface area contributed by atoms with Crippen molar-refractivity contribution in [1.29, 1.82) is 0 Å². The highest BCUT2D eigenvalue weighted by Crippen LogP contribution is 2.31. The number of ether oxygens (including phenoxy) is 2. The predicted octanol–water partition coefficient (Wildman–Crippen LogP) is 3.84. The topological polar surface area (TPSA) is 84.9 Å². The Morgan fingerprint density at radius 1 is 1.12 bits per heavy atom. The third-order valence-electron chi connectivity index (χ3n) is 5.04. The van der Waals surface area contributed by atoms with Crippen molar-refractivity contribution in [1.82, 2.24) is 4.31 Å². The van der Waals surface area contributed by atoms with Crippen molar-refractivity contribution < 1.29 is 22.7 Å². The largest absolute Gasteiger partial charge is 0.489 e. The fourth-order valence-corrected chi connectivity index (χ4v) is 5.43. The number of morpholine rings is 1. The summed E-state index contributed by atoms with van der Waals surface area (Å²) in [6.07, 6.45) is -0.128. The number of rotatable bonds is 8. The first-order valence-corrected chi connectivity index (χ1v) is 13.0. The van der Waals surface area contributed by atoms with Gasteiger partial charge in [0.1, 0.15) is 5.75 Å². The van der Waals surface area contributed by atoms with Gasteiger partial charge in [0.2, 0.25) is 15.9 Å². The van der Waals surface area contributed by atoms with Crippen molar-refractivity contribution in [2.45, 2.75) is 43.6 Å². The van der Waals surface area contributed by atoms with Gasteiger partial charge in [-0.2, -0.15) is 4.31 Å². The van der Waals surface area contributed by atoms with E-state index in [1.165, 1.54) is 39.3 Å². The Morgan fingerprint density at radius 3 is 2.50 bits per heavy atom. The van der Waals surface area contributed by atoms with Crippen LogP contribution in [0.1, 0.15) is 25.0 Å². The Balaban J connectivity index is 1.78. The molecular weight excluding hydrogens is 448 g/mol. The average Bonchev–Trinajstić information content (AvgIpc) is 2.76. The number of benzene rings is 2. The fraction of sp³-hybridized carbons (Fsp3) is 0.435. The Kier molecular flexibility index (Phi) is 8.21. The third kappa shape index (κ3) is 6.25. The molecule has 1 saturated heterocycles. The number of anilines is 1. The molecule has 1 amide bonds. The smallest absolute Gasteiger partial charge is 0.243 e. The molecule has 2 aromatic rings. The van der Waals surface area contributed by atoms with Crippen LogP contribution in [0.15, 0.2) is 46.2 Å². The minimum Gasteiger partial charge on any atom is -0.489 e. The third-order valence-corrected chi connectivity index (χ3v) is 7.93. The van der Waals surface area contributed by atoms with Crippen LogP contribution in [0.4, 0.5) is 5.69 Å². The Bertz CT molecular complexity index is 1060. The van der Waals surface area contributed by atoms with E-state index in [9.17, 15) is 13.2 Å². The lowest BCUT2D eigenvalue weighted by atomic mass is 10.1.